The van der Waals surface area contributed by atoms with Gasteiger partial charge in [-0.05, 0) is 18.6 Å². The predicted molar refractivity (Wildman–Crippen MR) is 92.5 cm³/mol. The summed E-state index contributed by atoms with van der Waals surface area (Å²) in [4.78, 5) is 27.8. The minimum atomic E-state index is -4.37. The molecule has 29 heavy (non-hydrogen) atoms. The van der Waals surface area contributed by atoms with Crippen molar-refractivity contribution in [2.45, 2.75) is 39.0 Å². The molecular formula is C17H17F3N6O3. The van der Waals surface area contributed by atoms with Gasteiger partial charge < -0.3 is 15.2 Å². The molecule has 3 aromatic rings. The second-order valence-corrected chi connectivity index (χ2v) is 6.31. The van der Waals surface area contributed by atoms with Crippen LogP contribution in [0.1, 0.15) is 40.2 Å². The zero-order chi connectivity index (χ0) is 21.0. The molecule has 3 rings (SSSR count). The van der Waals surface area contributed by atoms with Gasteiger partial charge in [-0.3, -0.25) is 9.59 Å². The van der Waals surface area contributed by atoms with Gasteiger partial charge in [0.1, 0.15) is 0 Å². The Morgan fingerprint density at radius 3 is 2.69 bits per heavy atom. The number of carbonyl (C=O) groups is 2. The molecule has 0 fully saturated rings. The van der Waals surface area contributed by atoms with Crippen LogP contribution in [0.5, 0.6) is 0 Å². The lowest BCUT2D eigenvalue weighted by Crippen LogP contribution is -2.24. The fraction of sp³-hybridized carbons (Fsp3) is 0.353. The molecule has 3 heterocycles. The fourth-order valence-electron chi connectivity index (χ4n) is 2.45. The Hall–Kier alpha value is -3.44. The Morgan fingerprint density at radius 2 is 2.00 bits per heavy atom. The minimum absolute atomic E-state index is 0.0316. The third-order valence-electron chi connectivity index (χ3n) is 3.94. The molecule has 0 aliphatic rings. The van der Waals surface area contributed by atoms with E-state index in [0.29, 0.717) is 22.5 Å². The van der Waals surface area contributed by atoms with E-state index in [1.807, 2.05) is 0 Å². The number of fused-ring (bicyclic) bond motifs is 1. The van der Waals surface area contributed by atoms with Gasteiger partial charge in [0.25, 0.3) is 5.91 Å². The molecule has 2 amide bonds. The van der Waals surface area contributed by atoms with Crippen molar-refractivity contribution >= 4 is 17.5 Å². The summed E-state index contributed by atoms with van der Waals surface area (Å²) in [5.74, 6) is -1.00. The summed E-state index contributed by atoms with van der Waals surface area (Å²) in [7, 11) is 0. The highest BCUT2D eigenvalue weighted by Gasteiger charge is 2.27. The van der Waals surface area contributed by atoms with Crippen molar-refractivity contribution in [3.05, 3.63) is 47.2 Å². The molecule has 0 radical (unpaired) electrons. The minimum Gasteiger partial charge on any atom is -0.352 e. The number of nitrogens with zero attached hydrogens (tertiary/aromatic N) is 4. The number of nitrogens with one attached hydrogen (secondary N) is 2. The first-order valence-electron chi connectivity index (χ1n) is 8.57. The third-order valence-corrected chi connectivity index (χ3v) is 3.94. The molecular weight excluding hydrogens is 393 g/mol. The topological polar surface area (TPSA) is 114 Å². The van der Waals surface area contributed by atoms with Crippen LogP contribution in [0.15, 0.2) is 29.2 Å². The predicted octanol–water partition coefficient (Wildman–Crippen LogP) is 1.91. The molecule has 0 unspecified atom stereocenters. The highest BCUT2D eigenvalue weighted by molar-refractivity contribution is 5.92. The van der Waals surface area contributed by atoms with Gasteiger partial charge in [-0.1, -0.05) is 5.16 Å². The largest absolute Gasteiger partial charge is 0.389 e. The number of aromatic nitrogens is 4. The molecule has 0 saturated carbocycles. The molecule has 2 N–H and O–H groups in total. The van der Waals surface area contributed by atoms with Crippen LogP contribution in [0.25, 0.3) is 5.65 Å². The van der Waals surface area contributed by atoms with E-state index in [2.05, 4.69) is 25.9 Å². The van der Waals surface area contributed by atoms with Crippen molar-refractivity contribution in [2.24, 2.45) is 0 Å². The van der Waals surface area contributed by atoms with Crippen molar-refractivity contribution in [2.75, 3.05) is 0 Å². The molecule has 0 spiro atoms. The van der Waals surface area contributed by atoms with E-state index in [4.69, 9.17) is 4.52 Å². The molecule has 12 heteroatoms. The van der Waals surface area contributed by atoms with Gasteiger partial charge in [0.05, 0.1) is 37.3 Å². The summed E-state index contributed by atoms with van der Waals surface area (Å²) in [6.07, 6.45) is -1.64. The number of hydrogen-bond acceptors (Lipinski definition) is 6. The van der Waals surface area contributed by atoms with Crippen LogP contribution >= 0.6 is 0 Å². The van der Waals surface area contributed by atoms with Gasteiger partial charge in [0.2, 0.25) is 11.7 Å². The van der Waals surface area contributed by atoms with Crippen LogP contribution in [0.3, 0.4) is 0 Å². The van der Waals surface area contributed by atoms with Crippen LogP contribution in [-0.4, -0.2) is 37.7 Å². The standard InChI is InChI=1S/C17H17F3N6O3/c1-10-5-24-29-15(10)16(28)22-8-12-9-26-13(25-12)4-11(7-23-26)6-21-14(27)2-3-17(18,19)20/h4-5,7,9H,2-3,6,8H2,1H3,(H,21,27)(H,22,28). The summed E-state index contributed by atoms with van der Waals surface area (Å²) in [6, 6.07) is 1.64. The molecule has 9 nitrogen and oxygen atoms in total. The average molecular weight is 410 g/mol. The average Bonchev–Trinajstić information content (AvgIpc) is 3.27. The number of amides is 2. The number of rotatable bonds is 7. The number of carbonyl (C=O) groups excluding carboxylic acids is 2. The second kappa shape index (κ2) is 8.29. The number of halogens is 3. The van der Waals surface area contributed by atoms with Crippen LogP contribution in [-0.2, 0) is 17.9 Å². The molecule has 0 bridgehead atoms. The maximum Gasteiger partial charge on any atom is 0.389 e. The first kappa shape index (κ1) is 20.3. The molecule has 3 aromatic heterocycles. The lowest BCUT2D eigenvalue weighted by atomic mass is 10.2. The van der Waals surface area contributed by atoms with E-state index in [1.54, 1.807) is 19.2 Å². The lowest BCUT2D eigenvalue weighted by molar-refractivity contribution is -0.144. The van der Waals surface area contributed by atoms with Crippen molar-refractivity contribution in [3.8, 4) is 0 Å². The SMILES string of the molecule is Cc1cnoc1C(=O)NCc1cn2ncc(CNC(=O)CCC(F)(F)F)cc2n1. The van der Waals surface area contributed by atoms with E-state index in [0.717, 1.165) is 0 Å². The summed E-state index contributed by atoms with van der Waals surface area (Å²) in [6.45, 7) is 1.86. The van der Waals surface area contributed by atoms with Gasteiger partial charge in [-0.2, -0.15) is 18.3 Å². The monoisotopic (exact) mass is 410 g/mol. The number of imidazole rings is 1. The molecule has 0 saturated heterocycles. The summed E-state index contributed by atoms with van der Waals surface area (Å²) < 4.78 is 42.8. The lowest BCUT2D eigenvalue weighted by Gasteiger charge is -2.07. The van der Waals surface area contributed by atoms with Crippen molar-refractivity contribution < 1.29 is 27.3 Å². The van der Waals surface area contributed by atoms with Gasteiger partial charge >= 0.3 is 6.18 Å². The van der Waals surface area contributed by atoms with E-state index < -0.39 is 30.8 Å². The van der Waals surface area contributed by atoms with Crippen molar-refractivity contribution in [1.29, 1.82) is 0 Å². The molecule has 154 valence electrons. The molecule has 0 aliphatic carbocycles. The zero-order valence-corrected chi connectivity index (χ0v) is 15.3. The Labute approximate surface area is 162 Å². The van der Waals surface area contributed by atoms with E-state index in [1.165, 1.54) is 16.9 Å². The van der Waals surface area contributed by atoms with Crippen LogP contribution in [0.4, 0.5) is 13.2 Å². The Balaban J connectivity index is 1.56. The van der Waals surface area contributed by atoms with Crippen LogP contribution in [0, 0.1) is 6.92 Å². The smallest absolute Gasteiger partial charge is 0.352 e. The van der Waals surface area contributed by atoms with Gasteiger partial charge in [0.15, 0.2) is 5.65 Å². The third kappa shape index (κ3) is 5.53. The van der Waals surface area contributed by atoms with E-state index >= 15 is 0 Å². The Bertz CT molecular complexity index is 1030. The van der Waals surface area contributed by atoms with Crippen LogP contribution in [0.2, 0.25) is 0 Å². The highest BCUT2D eigenvalue weighted by Crippen LogP contribution is 2.21. The van der Waals surface area contributed by atoms with Gasteiger partial charge in [0, 0.05) is 18.5 Å². The maximum absolute atomic E-state index is 12.1. The summed E-state index contributed by atoms with van der Waals surface area (Å²) in [5, 5.41) is 12.8. The zero-order valence-electron chi connectivity index (χ0n) is 15.3. The number of aryl methyl sites for hydroxylation is 1. The van der Waals surface area contributed by atoms with Crippen molar-refractivity contribution in [1.82, 2.24) is 30.4 Å². The van der Waals surface area contributed by atoms with E-state index in [9.17, 15) is 22.8 Å². The first-order valence-corrected chi connectivity index (χ1v) is 8.57. The highest BCUT2D eigenvalue weighted by atomic mass is 19.4. The molecule has 0 atom stereocenters. The molecule has 0 aromatic carbocycles. The normalized spacial score (nSPS) is 11.6. The maximum atomic E-state index is 12.1. The fourth-order valence-corrected chi connectivity index (χ4v) is 2.45. The second-order valence-electron chi connectivity index (χ2n) is 6.31. The first-order chi connectivity index (χ1) is 13.7. The van der Waals surface area contributed by atoms with Crippen molar-refractivity contribution in [3.63, 3.8) is 0 Å². The Kier molecular flexibility index (Phi) is 5.80. The van der Waals surface area contributed by atoms with Gasteiger partial charge in [-0.25, -0.2) is 9.50 Å². The summed E-state index contributed by atoms with van der Waals surface area (Å²) >= 11 is 0. The quantitative estimate of drug-likeness (QED) is 0.615. The number of hydrogen-bond donors (Lipinski definition) is 2. The van der Waals surface area contributed by atoms with Crippen LogP contribution < -0.4 is 10.6 Å². The number of alkyl halides is 3. The van der Waals surface area contributed by atoms with E-state index in [-0.39, 0.29) is 18.8 Å². The Morgan fingerprint density at radius 1 is 1.21 bits per heavy atom. The van der Waals surface area contributed by atoms with Gasteiger partial charge in [-0.15, -0.1) is 0 Å². The molecule has 0 aliphatic heterocycles. The summed E-state index contributed by atoms with van der Waals surface area (Å²) in [5.41, 5.74) is 2.19.